The van der Waals surface area contributed by atoms with Crippen molar-refractivity contribution in [1.82, 2.24) is 4.90 Å². The Balaban J connectivity index is 0.000000280. The van der Waals surface area contributed by atoms with Gasteiger partial charge in [-0.3, -0.25) is 4.90 Å². The van der Waals surface area contributed by atoms with Crippen LogP contribution in [0.5, 0.6) is 0 Å². The van der Waals surface area contributed by atoms with E-state index in [1.54, 1.807) is 5.71 Å². The summed E-state index contributed by atoms with van der Waals surface area (Å²) in [6, 6.07) is 0. The van der Waals surface area contributed by atoms with Crippen LogP contribution in [0.2, 0.25) is 0 Å². The van der Waals surface area contributed by atoms with Crippen LogP contribution in [-0.2, 0) is 0 Å². The first-order chi connectivity index (χ1) is 8.40. The van der Waals surface area contributed by atoms with Gasteiger partial charge in [0.2, 0.25) is 0 Å². The quantitative estimate of drug-likeness (QED) is 0.466. The van der Waals surface area contributed by atoms with E-state index in [1.165, 1.54) is 58.4 Å². The van der Waals surface area contributed by atoms with Gasteiger partial charge in [0.25, 0.3) is 0 Å². The summed E-state index contributed by atoms with van der Waals surface area (Å²) in [4.78, 5) is 2.55. The van der Waals surface area contributed by atoms with Gasteiger partial charge >= 0.3 is 0 Å². The Hall–Kier alpha value is -0.240. The summed E-state index contributed by atoms with van der Waals surface area (Å²) in [5, 5.41) is 0. The molecule has 0 unspecified atom stereocenters. The molecule has 6 nitrogen and oxygen atoms in total. The highest BCUT2D eigenvalue weighted by molar-refractivity contribution is 5.81. The van der Waals surface area contributed by atoms with Crippen LogP contribution in [0.15, 0.2) is 0 Å². The van der Waals surface area contributed by atoms with Gasteiger partial charge in [-0.15, -0.1) is 10.2 Å². The molecular formula is C11H21ClN2O4. The predicted molar refractivity (Wildman–Crippen MR) is 55.6 cm³/mol. The third-order valence-corrected chi connectivity index (χ3v) is 3.45. The van der Waals surface area contributed by atoms with E-state index in [2.05, 4.69) is 16.4 Å². The summed E-state index contributed by atoms with van der Waals surface area (Å²) in [5.41, 5.74) is 1.75. The van der Waals surface area contributed by atoms with Gasteiger partial charge in [0.15, 0.2) is 18.8 Å². The van der Waals surface area contributed by atoms with Crippen LogP contribution in [0.3, 0.4) is 0 Å². The lowest BCUT2D eigenvalue weighted by Gasteiger charge is -2.24. The molecular weight excluding hydrogens is 260 g/mol. The Labute approximate surface area is 110 Å². The Kier molecular flexibility index (Phi) is 6.48. The molecule has 0 aromatic heterocycles. The van der Waals surface area contributed by atoms with Gasteiger partial charge in [-0.2, -0.15) is 0 Å². The Morgan fingerprint density at radius 3 is 1.89 bits per heavy atom. The zero-order valence-corrected chi connectivity index (χ0v) is 11.5. The minimum atomic E-state index is -4.94. The fourth-order valence-electron chi connectivity index (χ4n) is 2.48. The maximum atomic E-state index is 8.49. The highest BCUT2D eigenvalue weighted by Crippen LogP contribution is 2.15. The maximum Gasteiger partial charge on any atom is 0.155 e. The molecule has 0 radical (unpaired) electrons. The van der Waals surface area contributed by atoms with Gasteiger partial charge in [0.1, 0.15) is 0 Å². The average Bonchev–Trinajstić information content (AvgIpc) is 2.80. The third kappa shape index (κ3) is 6.63. The molecule has 1 saturated carbocycles. The molecule has 106 valence electrons. The number of piperazine rings is 1. The van der Waals surface area contributed by atoms with Crippen molar-refractivity contribution < 1.29 is 33.5 Å². The van der Waals surface area contributed by atoms with Crippen molar-refractivity contribution in [2.75, 3.05) is 32.7 Å². The van der Waals surface area contributed by atoms with Crippen LogP contribution in [0.4, 0.5) is 0 Å². The highest BCUT2D eigenvalue weighted by Gasteiger charge is 2.23. The summed E-state index contributed by atoms with van der Waals surface area (Å²) in [6.45, 7) is 8.61. The number of hydrogen-bond acceptors (Lipinski definition) is 5. The van der Waals surface area contributed by atoms with Crippen molar-refractivity contribution in [3.63, 3.8) is 0 Å². The van der Waals surface area contributed by atoms with Gasteiger partial charge in [-0.1, -0.05) is 6.92 Å². The second-order valence-corrected chi connectivity index (χ2v) is 5.33. The molecule has 0 aromatic rings. The minimum absolute atomic E-state index is 1.23. The molecule has 0 spiro atoms. The van der Waals surface area contributed by atoms with Crippen molar-refractivity contribution in [2.24, 2.45) is 0 Å². The molecule has 2 fully saturated rings. The summed E-state index contributed by atoms with van der Waals surface area (Å²) >= 11 is 0. The first-order valence-electron chi connectivity index (χ1n) is 6.34. The van der Waals surface area contributed by atoms with Gasteiger partial charge in [0.05, 0.1) is 13.1 Å². The van der Waals surface area contributed by atoms with E-state index in [4.69, 9.17) is 18.6 Å². The molecule has 2 rings (SSSR count). The highest BCUT2D eigenvalue weighted by atomic mass is 35.7. The lowest BCUT2D eigenvalue weighted by Crippen LogP contribution is -2.68. The van der Waals surface area contributed by atoms with Gasteiger partial charge in [-0.25, -0.2) is 23.2 Å². The third-order valence-electron chi connectivity index (χ3n) is 3.45. The molecule has 0 aromatic carbocycles. The summed E-state index contributed by atoms with van der Waals surface area (Å²) < 4.78 is 36.6. The fourth-order valence-corrected chi connectivity index (χ4v) is 2.48. The number of rotatable bonds is 1. The zero-order chi connectivity index (χ0) is 13.6. The molecule has 2 aliphatic rings. The lowest BCUT2D eigenvalue weighted by molar-refractivity contribution is -2.00. The number of halogens is 1. The van der Waals surface area contributed by atoms with Crippen LogP contribution in [0.25, 0.3) is 0 Å². The number of nitrogens with zero attached hydrogens (tertiary/aromatic N) is 2. The van der Waals surface area contributed by atoms with E-state index in [9.17, 15) is 0 Å². The van der Waals surface area contributed by atoms with E-state index in [-0.39, 0.29) is 0 Å². The Morgan fingerprint density at radius 2 is 1.50 bits per heavy atom. The zero-order valence-electron chi connectivity index (χ0n) is 10.8. The molecule has 0 bridgehead atoms. The largest absolute Gasteiger partial charge is 0.291 e. The van der Waals surface area contributed by atoms with Gasteiger partial charge in [0, 0.05) is 12.8 Å². The monoisotopic (exact) mass is 280 g/mol. The standard InChI is InChI=1S/C11H21N2.ClHO4/c1-2-12-7-9-13(10-8-12)11-5-3-4-6-11;2-1(3,4)5/h2-10H2,1H3;(H,2,3,4,5)/q+1;/p-1. The van der Waals surface area contributed by atoms with Crippen LogP contribution in [0.1, 0.15) is 32.6 Å². The SMILES string of the molecule is CCN1CC[N+](=C2CCCC2)CC1.[O-][Cl+3]([O-])([O-])[O-]. The van der Waals surface area contributed by atoms with E-state index in [0.29, 0.717) is 0 Å². The van der Waals surface area contributed by atoms with Crippen LogP contribution < -0.4 is 18.6 Å². The van der Waals surface area contributed by atoms with Crippen LogP contribution >= 0.6 is 0 Å². The first-order valence-corrected chi connectivity index (χ1v) is 7.57. The topological polar surface area (TPSA) is 98.5 Å². The number of likely N-dealkylation sites (N-methyl/N-ethyl adjacent to an activating group) is 1. The molecule has 7 heteroatoms. The second kappa shape index (κ2) is 7.37. The van der Waals surface area contributed by atoms with Crippen molar-refractivity contribution in [1.29, 1.82) is 0 Å². The van der Waals surface area contributed by atoms with Crippen LogP contribution in [0, 0.1) is 10.2 Å². The molecule has 1 aliphatic heterocycles. The lowest BCUT2D eigenvalue weighted by atomic mass is 10.2. The Bertz CT molecular complexity index is 267. The molecule has 0 N–H and O–H groups in total. The van der Waals surface area contributed by atoms with Crippen molar-refractivity contribution in [3.05, 3.63) is 0 Å². The van der Waals surface area contributed by atoms with E-state index >= 15 is 0 Å². The summed E-state index contributed by atoms with van der Waals surface area (Å²) in [5.74, 6) is 0. The van der Waals surface area contributed by atoms with E-state index < -0.39 is 10.2 Å². The minimum Gasteiger partial charge on any atom is -0.291 e. The van der Waals surface area contributed by atoms with E-state index in [1.807, 2.05) is 0 Å². The molecule has 18 heavy (non-hydrogen) atoms. The maximum absolute atomic E-state index is 8.49. The predicted octanol–water partition coefficient (Wildman–Crippen LogP) is -3.41. The summed E-state index contributed by atoms with van der Waals surface area (Å²) in [7, 11) is -4.94. The fraction of sp³-hybridized carbons (Fsp3) is 0.909. The molecule has 0 amide bonds. The molecule has 1 saturated heterocycles. The van der Waals surface area contributed by atoms with Crippen molar-refractivity contribution in [2.45, 2.75) is 32.6 Å². The molecule has 1 aliphatic carbocycles. The van der Waals surface area contributed by atoms with Crippen molar-refractivity contribution in [3.8, 4) is 0 Å². The van der Waals surface area contributed by atoms with Gasteiger partial charge in [-0.05, 0) is 19.4 Å². The molecule has 0 atom stereocenters. The van der Waals surface area contributed by atoms with Crippen molar-refractivity contribution >= 4 is 5.71 Å². The molecule has 1 heterocycles. The number of hydrogen-bond donors (Lipinski definition) is 0. The normalized spacial score (nSPS) is 21.8. The summed E-state index contributed by atoms with van der Waals surface area (Å²) in [6.07, 6.45) is 5.63. The van der Waals surface area contributed by atoms with Crippen LogP contribution in [-0.4, -0.2) is 47.9 Å². The first kappa shape index (κ1) is 15.8. The smallest absolute Gasteiger partial charge is 0.155 e. The van der Waals surface area contributed by atoms with E-state index in [0.717, 1.165) is 0 Å². The average molecular weight is 281 g/mol. The Morgan fingerprint density at radius 1 is 1.06 bits per heavy atom. The van der Waals surface area contributed by atoms with Gasteiger partial charge < -0.3 is 0 Å². The second-order valence-electron chi connectivity index (χ2n) is 4.57.